The van der Waals surface area contributed by atoms with Crippen LogP contribution in [0.3, 0.4) is 0 Å². The van der Waals surface area contributed by atoms with Crippen LogP contribution in [0, 0.1) is 0 Å². The molecule has 0 saturated carbocycles. The molecule has 94 valence electrons. The van der Waals surface area contributed by atoms with Crippen LogP contribution in [-0.2, 0) is 6.18 Å². The second-order valence-corrected chi connectivity index (χ2v) is 9.96. The summed E-state index contributed by atoms with van der Waals surface area (Å²) in [5, 5.41) is 19.0. The van der Waals surface area contributed by atoms with Crippen LogP contribution in [0.2, 0.25) is 19.6 Å². The first-order valence-electron chi connectivity index (χ1n) is 5.11. The van der Waals surface area contributed by atoms with E-state index in [0.717, 1.165) is 12.1 Å². The van der Waals surface area contributed by atoms with Gasteiger partial charge in [-0.05, 0) is 5.46 Å². The van der Waals surface area contributed by atoms with Gasteiger partial charge in [-0.1, -0.05) is 43.0 Å². The van der Waals surface area contributed by atoms with Gasteiger partial charge in [0.05, 0.1) is 13.6 Å². The lowest BCUT2D eigenvalue weighted by Crippen LogP contribution is -2.53. The van der Waals surface area contributed by atoms with Crippen LogP contribution in [0.15, 0.2) is 18.2 Å². The van der Waals surface area contributed by atoms with Crippen LogP contribution in [0.5, 0.6) is 0 Å². The van der Waals surface area contributed by atoms with Gasteiger partial charge in [0.15, 0.2) is 0 Å². The molecule has 0 fully saturated rings. The van der Waals surface area contributed by atoms with Crippen molar-refractivity contribution in [3.8, 4) is 0 Å². The van der Waals surface area contributed by atoms with Gasteiger partial charge in [-0.3, -0.25) is 0 Å². The van der Waals surface area contributed by atoms with Crippen LogP contribution in [-0.4, -0.2) is 25.2 Å². The van der Waals surface area contributed by atoms with Gasteiger partial charge in [0.1, 0.15) is 0 Å². The molecule has 0 saturated heterocycles. The molecule has 17 heavy (non-hydrogen) atoms. The quantitative estimate of drug-likeness (QED) is 0.778. The monoisotopic (exact) mass is 262 g/mol. The Hall–Kier alpha value is -0.788. The fourth-order valence-corrected chi connectivity index (χ4v) is 3.29. The van der Waals surface area contributed by atoms with Gasteiger partial charge in [0, 0.05) is 0 Å². The van der Waals surface area contributed by atoms with E-state index in [9.17, 15) is 13.2 Å². The number of hydrogen-bond acceptors (Lipinski definition) is 2. The summed E-state index contributed by atoms with van der Waals surface area (Å²) < 4.78 is 37.5. The Morgan fingerprint density at radius 2 is 1.65 bits per heavy atom. The molecular formula is C10H14BF3O2Si. The smallest absolute Gasteiger partial charge is 0.423 e. The molecule has 0 aliphatic heterocycles. The molecule has 0 aromatic heterocycles. The van der Waals surface area contributed by atoms with Crippen molar-refractivity contribution in [3.63, 3.8) is 0 Å². The molecule has 2 N–H and O–H groups in total. The maximum Gasteiger partial charge on any atom is 0.488 e. The van der Waals surface area contributed by atoms with E-state index >= 15 is 0 Å². The number of rotatable bonds is 2. The Kier molecular flexibility index (Phi) is 3.75. The van der Waals surface area contributed by atoms with E-state index in [1.165, 1.54) is 6.07 Å². The number of halogens is 3. The van der Waals surface area contributed by atoms with Crippen LogP contribution in [0.1, 0.15) is 5.56 Å². The standard InChI is InChI=1S/C10H14BF3O2Si/c1-17(2,3)9-5-4-7(10(12,13)14)6-8(9)11(15)16/h4-6,15-16H,1-3H3. The first kappa shape index (κ1) is 14.3. The molecule has 0 amide bonds. The van der Waals surface area contributed by atoms with E-state index < -0.39 is 26.9 Å². The van der Waals surface area contributed by atoms with E-state index in [2.05, 4.69) is 0 Å². The first-order valence-corrected chi connectivity index (χ1v) is 8.61. The van der Waals surface area contributed by atoms with Crippen molar-refractivity contribution >= 4 is 25.8 Å². The minimum atomic E-state index is -4.47. The highest BCUT2D eigenvalue weighted by Gasteiger charge is 2.34. The van der Waals surface area contributed by atoms with Gasteiger partial charge in [-0.15, -0.1) is 0 Å². The van der Waals surface area contributed by atoms with E-state index in [0.29, 0.717) is 5.19 Å². The van der Waals surface area contributed by atoms with Gasteiger partial charge in [0.2, 0.25) is 0 Å². The van der Waals surface area contributed by atoms with Crippen LogP contribution in [0.4, 0.5) is 13.2 Å². The van der Waals surface area contributed by atoms with Crippen molar-refractivity contribution in [1.82, 2.24) is 0 Å². The summed E-state index contributed by atoms with van der Waals surface area (Å²) in [5.41, 5.74) is -0.901. The normalized spacial score (nSPS) is 12.7. The summed E-state index contributed by atoms with van der Waals surface area (Å²) in [6, 6.07) is 3.15. The molecule has 1 aromatic carbocycles. The van der Waals surface area contributed by atoms with Gasteiger partial charge >= 0.3 is 13.3 Å². The molecule has 0 radical (unpaired) electrons. The maximum atomic E-state index is 12.5. The third-order valence-corrected chi connectivity index (χ3v) is 4.54. The highest BCUT2D eigenvalue weighted by atomic mass is 28.3. The Balaban J connectivity index is 3.38. The van der Waals surface area contributed by atoms with Crippen molar-refractivity contribution in [2.45, 2.75) is 25.8 Å². The van der Waals surface area contributed by atoms with E-state index in [4.69, 9.17) is 10.0 Å². The van der Waals surface area contributed by atoms with Crippen LogP contribution >= 0.6 is 0 Å². The molecule has 0 heterocycles. The molecule has 2 nitrogen and oxygen atoms in total. The second kappa shape index (κ2) is 4.47. The van der Waals surface area contributed by atoms with Gasteiger partial charge in [-0.2, -0.15) is 13.2 Å². The highest BCUT2D eigenvalue weighted by molar-refractivity contribution is 6.92. The third kappa shape index (κ3) is 3.34. The zero-order chi connectivity index (χ0) is 13.4. The molecule has 0 spiro atoms. The Morgan fingerprint density at radius 3 is 2.00 bits per heavy atom. The predicted octanol–water partition coefficient (Wildman–Crippen LogP) is 0.930. The largest absolute Gasteiger partial charge is 0.488 e. The number of alkyl halides is 3. The lowest BCUT2D eigenvalue weighted by Gasteiger charge is -2.22. The third-order valence-electron chi connectivity index (χ3n) is 2.47. The summed E-state index contributed by atoms with van der Waals surface area (Å²) in [5.74, 6) is 0. The van der Waals surface area contributed by atoms with Crippen molar-refractivity contribution in [1.29, 1.82) is 0 Å². The SMILES string of the molecule is C[Si](C)(C)c1ccc(C(F)(F)F)cc1B(O)O. The van der Waals surface area contributed by atoms with Crippen molar-refractivity contribution < 1.29 is 23.2 Å². The zero-order valence-electron chi connectivity index (χ0n) is 9.84. The van der Waals surface area contributed by atoms with Gasteiger partial charge < -0.3 is 10.0 Å². The number of hydrogen-bond donors (Lipinski definition) is 2. The van der Waals surface area contributed by atoms with Crippen LogP contribution < -0.4 is 10.6 Å². The minimum absolute atomic E-state index is 0.0426. The van der Waals surface area contributed by atoms with Crippen molar-refractivity contribution in [2.24, 2.45) is 0 Å². The molecule has 1 rings (SSSR count). The summed E-state index contributed by atoms with van der Waals surface area (Å²) in [6.07, 6.45) is -4.47. The average molecular weight is 262 g/mol. The molecule has 0 bridgehead atoms. The summed E-state index contributed by atoms with van der Waals surface area (Å²) in [4.78, 5) is 0. The van der Waals surface area contributed by atoms with Crippen molar-refractivity contribution in [3.05, 3.63) is 23.8 Å². The van der Waals surface area contributed by atoms with E-state index in [1.807, 2.05) is 19.6 Å². The van der Waals surface area contributed by atoms with Crippen molar-refractivity contribution in [2.75, 3.05) is 0 Å². The van der Waals surface area contributed by atoms with E-state index in [-0.39, 0.29) is 5.46 Å². The molecule has 7 heteroatoms. The van der Waals surface area contributed by atoms with Gasteiger partial charge in [-0.25, -0.2) is 0 Å². The minimum Gasteiger partial charge on any atom is -0.423 e. The Morgan fingerprint density at radius 1 is 1.12 bits per heavy atom. The molecule has 0 atom stereocenters. The first-order chi connectivity index (χ1) is 7.53. The van der Waals surface area contributed by atoms with Gasteiger partial charge in [0.25, 0.3) is 0 Å². The second-order valence-electron chi connectivity index (χ2n) is 4.92. The molecule has 0 aliphatic carbocycles. The lowest BCUT2D eigenvalue weighted by molar-refractivity contribution is -0.137. The Labute approximate surface area is 99.2 Å². The average Bonchev–Trinajstić information content (AvgIpc) is 2.14. The van der Waals surface area contributed by atoms with E-state index in [1.54, 1.807) is 0 Å². The zero-order valence-corrected chi connectivity index (χ0v) is 10.8. The predicted molar refractivity (Wildman–Crippen MR) is 64.2 cm³/mol. The molecule has 1 aromatic rings. The van der Waals surface area contributed by atoms with Crippen LogP contribution in [0.25, 0.3) is 0 Å². The molecule has 0 unspecified atom stereocenters. The summed E-state index contributed by atoms with van der Waals surface area (Å²) in [6.45, 7) is 5.80. The molecular weight excluding hydrogens is 248 g/mol. The number of benzene rings is 1. The summed E-state index contributed by atoms with van der Waals surface area (Å²) >= 11 is 0. The fraction of sp³-hybridized carbons (Fsp3) is 0.400. The fourth-order valence-electron chi connectivity index (χ4n) is 1.64. The topological polar surface area (TPSA) is 40.5 Å². The highest BCUT2D eigenvalue weighted by Crippen LogP contribution is 2.28. The Bertz CT molecular complexity index is 413. The lowest BCUT2D eigenvalue weighted by atomic mass is 9.79. The maximum absolute atomic E-state index is 12.5. The summed E-state index contributed by atoms with van der Waals surface area (Å²) in [7, 11) is -3.79. The molecule has 0 aliphatic rings.